The molecule has 1 aliphatic heterocycles. The quantitative estimate of drug-likeness (QED) is 0.648. The van der Waals surface area contributed by atoms with Crippen molar-refractivity contribution in [3.63, 3.8) is 0 Å². The molecule has 66 valence electrons. The maximum absolute atomic E-state index is 6.00. The molecule has 0 aromatic rings. The van der Waals surface area contributed by atoms with E-state index in [1.165, 1.54) is 13.1 Å². The number of rotatable bonds is 2. The van der Waals surface area contributed by atoms with E-state index in [1.807, 2.05) is 0 Å². The van der Waals surface area contributed by atoms with Crippen LogP contribution in [0, 0.1) is 5.92 Å². The standard InChI is InChI=1S/C9H20N2/c1-8(2)6-11-5-4-9(3,10)7-11/h8H,4-7,10H2,1-3H3. The summed E-state index contributed by atoms with van der Waals surface area (Å²) >= 11 is 0. The highest BCUT2D eigenvalue weighted by Gasteiger charge is 2.29. The monoisotopic (exact) mass is 156 g/mol. The Bertz CT molecular complexity index is 130. The summed E-state index contributed by atoms with van der Waals surface area (Å²) in [6.07, 6.45) is 1.15. The van der Waals surface area contributed by atoms with Crippen molar-refractivity contribution in [3.8, 4) is 0 Å². The molecule has 11 heavy (non-hydrogen) atoms. The minimum Gasteiger partial charge on any atom is -0.324 e. The molecule has 1 fully saturated rings. The van der Waals surface area contributed by atoms with E-state index in [1.54, 1.807) is 0 Å². The number of hydrogen-bond acceptors (Lipinski definition) is 2. The third kappa shape index (κ3) is 2.80. The van der Waals surface area contributed by atoms with Gasteiger partial charge < -0.3 is 10.6 Å². The molecule has 0 aliphatic carbocycles. The fourth-order valence-electron chi connectivity index (χ4n) is 1.75. The lowest BCUT2D eigenvalue weighted by atomic mass is 10.0. The molecule has 1 aliphatic rings. The van der Waals surface area contributed by atoms with Crippen LogP contribution in [-0.2, 0) is 0 Å². The van der Waals surface area contributed by atoms with Crippen LogP contribution in [0.4, 0.5) is 0 Å². The number of likely N-dealkylation sites (tertiary alicyclic amines) is 1. The maximum atomic E-state index is 6.00. The van der Waals surface area contributed by atoms with Crippen LogP contribution in [-0.4, -0.2) is 30.1 Å². The van der Waals surface area contributed by atoms with E-state index in [9.17, 15) is 0 Å². The van der Waals surface area contributed by atoms with Gasteiger partial charge in [-0.25, -0.2) is 0 Å². The highest BCUT2D eigenvalue weighted by molar-refractivity contribution is 4.90. The average Bonchev–Trinajstić information content (AvgIpc) is 2.08. The first-order chi connectivity index (χ1) is 4.99. The van der Waals surface area contributed by atoms with Crippen molar-refractivity contribution in [3.05, 3.63) is 0 Å². The number of hydrogen-bond donors (Lipinski definition) is 1. The predicted molar refractivity (Wildman–Crippen MR) is 48.5 cm³/mol. The van der Waals surface area contributed by atoms with Crippen molar-refractivity contribution >= 4 is 0 Å². The van der Waals surface area contributed by atoms with Crippen molar-refractivity contribution in [2.75, 3.05) is 19.6 Å². The molecule has 2 heteroatoms. The van der Waals surface area contributed by atoms with Crippen LogP contribution in [0.1, 0.15) is 27.2 Å². The Morgan fingerprint density at radius 3 is 2.55 bits per heavy atom. The fourth-order valence-corrected chi connectivity index (χ4v) is 1.75. The molecule has 0 aromatic carbocycles. The Morgan fingerprint density at radius 2 is 2.18 bits per heavy atom. The van der Waals surface area contributed by atoms with Crippen molar-refractivity contribution in [2.45, 2.75) is 32.7 Å². The Hall–Kier alpha value is -0.0800. The topological polar surface area (TPSA) is 29.3 Å². The maximum Gasteiger partial charge on any atom is 0.0267 e. The van der Waals surface area contributed by atoms with Gasteiger partial charge in [-0.3, -0.25) is 0 Å². The first-order valence-electron chi connectivity index (χ1n) is 4.51. The van der Waals surface area contributed by atoms with Gasteiger partial charge in [-0.05, 0) is 19.3 Å². The van der Waals surface area contributed by atoms with Gasteiger partial charge in [0, 0.05) is 25.2 Å². The fraction of sp³-hybridized carbons (Fsp3) is 1.00. The molecule has 0 saturated carbocycles. The molecule has 0 aromatic heterocycles. The SMILES string of the molecule is CC(C)CN1CCC(C)(N)C1. The van der Waals surface area contributed by atoms with E-state index in [4.69, 9.17) is 5.73 Å². The lowest BCUT2D eigenvalue weighted by molar-refractivity contribution is 0.282. The molecule has 2 nitrogen and oxygen atoms in total. The van der Waals surface area contributed by atoms with E-state index in [2.05, 4.69) is 25.7 Å². The summed E-state index contributed by atoms with van der Waals surface area (Å²) in [5.74, 6) is 0.767. The van der Waals surface area contributed by atoms with Crippen molar-refractivity contribution in [1.82, 2.24) is 4.90 Å². The normalized spacial score (nSPS) is 33.5. The zero-order chi connectivity index (χ0) is 8.48. The summed E-state index contributed by atoms with van der Waals surface area (Å²) < 4.78 is 0. The highest BCUT2D eigenvalue weighted by Crippen LogP contribution is 2.18. The molecule has 2 N–H and O–H groups in total. The van der Waals surface area contributed by atoms with Crippen molar-refractivity contribution in [2.24, 2.45) is 11.7 Å². The van der Waals surface area contributed by atoms with Crippen LogP contribution in [0.3, 0.4) is 0 Å². The van der Waals surface area contributed by atoms with Crippen LogP contribution < -0.4 is 5.73 Å². The summed E-state index contributed by atoms with van der Waals surface area (Å²) in [6, 6.07) is 0. The predicted octanol–water partition coefficient (Wildman–Crippen LogP) is 1.07. The van der Waals surface area contributed by atoms with E-state index >= 15 is 0 Å². The van der Waals surface area contributed by atoms with E-state index < -0.39 is 0 Å². The molecule has 1 rings (SSSR count). The van der Waals surface area contributed by atoms with Gasteiger partial charge in [0.25, 0.3) is 0 Å². The van der Waals surface area contributed by atoms with Gasteiger partial charge in [0.05, 0.1) is 0 Å². The van der Waals surface area contributed by atoms with Gasteiger partial charge in [0.15, 0.2) is 0 Å². The number of nitrogens with two attached hydrogens (primary N) is 1. The molecule has 1 unspecified atom stereocenters. The molecule has 1 saturated heterocycles. The van der Waals surface area contributed by atoms with Gasteiger partial charge in [-0.15, -0.1) is 0 Å². The molecule has 0 spiro atoms. The first-order valence-corrected chi connectivity index (χ1v) is 4.51. The van der Waals surface area contributed by atoms with Crippen LogP contribution in [0.2, 0.25) is 0 Å². The lowest BCUT2D eigenvalue weighted by Crippen LogP contribution is -2.39. The molecule has 1 atom stereocenters. The van der Waals surface area contributed by atoms with Crippen LogP contribution in [0.15, 0.2) is 0 Å². The molecule has 0 amide bonds. The summed E-state index contributed by atoms with van der Waals surface area (Å²) in [4.78, 5) is 2.46. The molecule has 0 radical (unpaired) electrons. The zero-order valence-electron chi connectivity index (χ0n) is 7.93. The second kappa shape index (κ2) is 3.11. The average molecular weight is 156 g/mol. The third-order valence-corrected chi connectivity index (χ3v) is 2.21. The van der Waals surface area contributed by atoms with Crippen molar-refractivity contribution in [1.29, 1.82) is 0 Å². The van der Waals surface area contributed by atoms with Gasteiger partial charge >= 0.3 is 0 Å². The van der Waals surface area contributed by atoms with Gasteiger partial charge in [-0.1, -0.05) is 13.8 Å². The minimum atomic E-state index is 0.0783. The largest absolute Gasteiger partial charge is 0.324 e. The van der Waals surface area contributed by atoms with Gasteiger partial charge in [0.2, 0.25) is 0 Å². The Kier molecular flexibility index (Phi) is 2.55. The van der Waals surface area contributed by atoms with Crippen LogP contribution in [0.25, 0.3) is 0 Å². The Balaban J connectivity index is 2.31. The van der Waals surface area contributed by atoms with E-state index in [0.717, 1.165) is 18.9 Å². The van der Waals surface area contributed by atoms with Crippen molar-refractivity contribution < 1.29 is 0 Å². The summed E-state index contributed by atoms with van der Waals surface area (Å²) in [7, 11) is 0. The molecular formula is C9H20N2. The zero-order valence-corrected chi connectivity index (χ0v) is 7.93. The Labute approximate surface area is 69.8 Å². The highest BCUT2D eigenvalue weighted by atomic mass is 15.2. The third-order valence-electron chi connectivity index (χ3n) is 2.21. The molecule has 0 bridgehead atoms. The van der Waals surface area contributed by atoms with E-state index in [-0.39, 0.29) is 5.54 Å². The second-order valence-electron chi connectivity index (χ2n) is 4.53. The minimum absolute atomic E-state index is 0.0783. The number of nitrogens with zero attached hydrogens (tertiary/aromatic N) is 1. The summed E-state index contributed by atoms with van der Waals surface area (Å²) in [6.45, 7) is 10.1. The Morgan fingerprint density at radius 1 is 1.55 bits per heavy atom. The summed E-state index contributed by atoms with van der Waals surface area (Å²) in [5, 5.41) is 0. The molecule has 1 heterocycles. The second-order valence-corrected chi connectivity index (χ2v) is 4.53. The van der Waals surface area contributed by atoms with Crippen LogP contribution >= 0.6 is 0 Å². The smallest absolute Gasteiger partial charge is 0.0267 e. The van der Waals surface area contributed by atoms with Gasteiger partial charge in [0.1, 0.15) is 0 Å². The first kappa shape index (κ1) is 9.01. The lowest BCUT2D eigenvalue weighted by Gasteiger charge is -2.20. The van der Waals surface area contributed by atoms with E-state index in [0.29, 0.717) is 0 Å². The van der Waals surface area contributed by atoms with Crippen LogP contribution in [0.5, 0.6) is 0 Å². The van der Waals surface area contributed by atoms with Gasteiger partial charge in [-0.2, -0.15) is 0 Å². The summed E-state index contributed by atoms with van der Waals surface area (Å²) in [5.41, 5.74) is 6.08. The molecular weight excluding hydrogens is 136 g/mol.